The maximum absolute atomic E-state index is 13.4. The van der Waals surface area contributed by atoms with Crippen molar-refractivity contribution in [2.24, 2.45) is 0 Å². The minimum Gasteiger partial charge on any atom is -0.311 e. The first-order valence-corrected chi connectivity index (χ1v) is 5.76. The van der Waals surface area contributed by atoms with E-state index < -0.39 is 10.8 Å². The van der Waals surface area contributed by atoms with Crippen LogP contribution in [0.25, 0.3) is 0 Å². The highest BCUT2D eigenvalue weighted by Gasteiger charge is 2.56. The van der Waals surface area contributed by atoms with Gasteiger partial charge in [-0.1, -0.05) is 18.2 Å². The molecule has 17 heavy (non-hydrogen) atoms. The molecule has 0 saturated carbocycles. The highest BCUT2D eigenvalue weighted by Crippen LogP contribution is 2.37. The number of nitrogens with one attached hydrogen (secondary N) is 1. The topological polar surface area (TPSA) is 12.0 Å². The Morgan fingerprint density at radius 1 is 1.00 bits per heavy atom. The summed E-state index contributed by atoms with van der Waals surface area (Å²) in [4.78, 5) is 0. The van der Waals surface area contributed by atoms with Crippen molar-refractivity contribution in [2.45, 2.75) is 12.7 Å². The molecule has 0 spiro atoms. The Morgan fingerprint density at radius 2 is 1.71 bits per heavy atom. The Morgan fingerprint density at radius 3 is 2.35 bits per heavy atom. The van der Waals surface area contributed by atoms with Gasteiger partial charge in [-0.2, -0.15) is 4.48 Å². The van der Waals surface area contributed by atoms with Crippen molar-refractivity contribution < 1.29 is 13.2 Å². The molecule has 1 atom stereocenters. The third-order valence-electron chi connectivity index (χ3n) is 3.30. The lowest BCUT2D eigenvalue weighted by molar-refractivity contribution is -0.237. The smallest absolute Gasteiger partial charge is 0.311 e. The molecule has 1 saturated heterocycles. The fourth-order valence-corrected chi connectivity index (χ4v) is 2.35. The molecule has 0 aromatic heterocycles. The molecule has 94 valence electrons. The highest BCUT2D eigenvalue weighted by molar-refractivity contribution is 5.43. The summed E-state index contributed by atoms with van der Waals surface area (Å²) in [6.45, 7) is 1.23. The normalized spacial score (nSPS) is 26.5. The van der Waals surface area contributed by atoms with E-state index >= 15 is 0 Å². The van der Waals surface area contributed by atoms with E-state index in [1.807, 2.05) is 0 Å². The molecule has 1 aliphatic heterocycles. The zero-order valence-corrected chi connectivity index (χ0v) is 9.50. The Balaban J connectivity index is 2.43. The summed E-state index contributed by atoms with van der Waals surface area (Å²) in [5, 5.41) is 3.03. The number of hydrogen-bond acceptors (Lipinski definition) is 1. The molecule has 1 aromatic carbocycles. The maximum atomic E-state index is 13.4. The van der Waals surface area contributed by atoms with Gasteiger partial charge in [0.1, 0.15) is 12.2 Å². The van der Waals surface area contributed by atoms with Gasteiger partial charge < -0.3 is 5.32 Å². The van der Waals surface area contributed by atoms with Crippen LogP contribution < -0.4 is 9.80 Å². The number of hydrogen-bond donors (Lipinski definition) is 1. The molecule has 0 radical (unpaired) electrons. The molecule has 1 N–H and O–H groups in total. The lowest BCUT2D eigenvalue weighted by Gasteiger charge is -2.37. The Labute approximate surface area is 98.6 Å². The SMILES string of the molecule is FC(F)(F)[N+]1(c2ccccc2)CCCNCC1. The van der Waals surface area contributed by atoms with E-state index in [4.69, 9.17) is 0 Å². The molecule has 2 nitrogen and oxygen atoms in total. The molecule has 1 unspecified atom stereocenters. The van der Waals surface area contributed by atoms with E-state index in [1.54, 1.807) is 30.3 Å². The summed E-state index contributed by atoms with van der Waals surface area (Å²) in [5.74, 6) is 0. The van der Waals surface area contributed by atoms with Gasteiger partial charge >= 0.3 is 6.30 Å². The molecule has 0 amide bonds. The maximum Gasteiger partial charge on any atom is 0.566 e. The Bertz CT molecular complexity index is 354. The first-order valence-electron chi connectivity index (χ1n) is 5.76. The molecule has 1 heterocycles. The van der Waals surface area contributed by atoms with Gasteiger partial charge in [0, 0.05) is 19.5 Å². The lowest BCUT2D eigenvalue weighted by atomic mass is 10.2. The predicted octanol–water partition coefficient (Wildman–Crippen LogP) is 2.51. The summed E-state index contributed by atoms with van der Waals surface area (Å²) in [5.41, 5.74) is 0.337. The van der Waals surface area contributed by atoms with Gasteiger partial charge in [0.15, 0.2) is 0 Å². The first-order chi connectivity index (χ1) is 8.06. The van der Waals surface area contributed by atoms with E-state index in [-0.39, 0.29) is 13.1 Å². The average molecular weight is 245 g/mol. The number of alkyl halides is 3. The molecule has 1 aliphatic rings. The van der Waals surface area contributed by atoms with Gasteiger partial charge in [0.05, 0.1) is 6.54 Å². The standard InChI is InChI=1S/C12H16F3N2/c13-12(14,15)17(9-4-7-16-8-10-17)11-5-2-1-3-6-11/h1-3,5-6,16H,4,7-10H2/q+1. The number of quaternary nitrogens is 1. The van der Waals surface area contributed by atoms with Crippen LogP contribution >= 0.6 is 0 Å². The minimum atomic E-state index is -4.24. The zero-order chi connectivity index (χ0) is 12.4. The number of benzene rings is 1. The minimum absolute atomic E-state index is 0.0630. The molecular formula is C12H16F3N2+. The van der Waals surface area contributed by atoms with E-state index in [1.165, 1.54) is 0 Å². The van der Waals surface area contributed by atoms with Gasteiger partial charge in [-0.05, 0) is 12.1 Å². The largest absolute Gasteiger partial charge is 0.566 e. The quantitative estimate of drug-likeness (QED) is 0.592. The van der Waals surface area contributed by atoms with Crippen LogP contribution in [0.15, 0.2) is 30.3 Å². The van der Waals surface area contributed by atoms with Crippen LogP contribution in [0.2, 0.25) is 0 Å². The fourth-order valence-electron chi connectivity index (χ4n) is 2.35. The molecule has 1 fully saturated rings. The van der Waals surface area contributed by atoms with Crippen molar-refractivity contribution in [3.63, 3.8) is 0 Å². The van der Waals surface area contributed by atoms with Crippen molar-refractivity contribution in [1.29, 1.82) is 0 Å². The molecule has 0 bridgehead atoms. The summed E-state index contributed by atoms with van der Waals surface area (Å²) < 4.78 is 39.3. The van der Waals surface area contributed by atoms with Crippen LogP contribution in [0.1, 0.15) is 6.42 Å². The van der Waals surface area contributed by atoms with Gasteiger partial charge in [-0.3, -0.25) is 0 Å². The van der Waals surface area contributed by atoms with Gasteiger partial charge in [-0.15, -0.1) is 13.2 Å². The summed E-state index contributed by atoms with van der Waals surface area (Å²) >= 11 is 0. The van der Waals surface area contributed by atoms with Crippen LogP contribution in [0.4, 0.5) is 18.9 Å². The first kappa shape index (κ1) is 12.4. The van der Waals surface area contributed by atoms with Crippen LogP contribution in [0, 0.1) is 0 Å². The second-order valence-corrected chi connectivity index (χ2v) is 4.32. The van der Waals surface area contributed by atoms with Crippen LogP contribution in [0.3, 0.4) is 0 Å². The Hall–Kier alpha value is -1.07. The van der Waals surface area contributed by atoms with Crippen molar-refractivity contribution in [3.8, 4) is 0 Å². The monoisotopic (exact) mass is 245 g/mol. The van der Waals surface area contributed by atoms with Crippen LogP contribution in [-0.2, 0) is 0 Å². The number of para-hydroxylation sites is 1. The number of rotatable bonds is 1. The van der Waals surface area contributed by atoms with E-state index in [9.17, 15) is 13.2 Å². The zero-order valence-electron chi connectivity index (χ0n) is 9.50. The van der Waals surface area contributed by atoms with Gasteiger partial charge in [0.2, 0.25) is 0 Å². The van der Waals surface area contributed by atoms with Crippen LogP contribution in [0.5, 0.6) is 0 Å². The summed E-state index contributed by atoms with van der Waals surface area (Å²) in [6, 6.07) is 8.21. The number of nitrogens with zero attached hydrogens (tertiary/aromatic N) is 1. The summed E-state index contributed by atoms with van der Waals surface area (Å²) in [6.07, 6.45) is -3.71. The van der Waals surface area contributed by atoms with Crippen LogP contribution in [-0.4, -0.2) is 32.5 Å². The predicted molar refractivity (Wildman–Crippen MR) is 61.5 cm³/mol. The molecule has 1 aromatic rings. The van der Waals surface area contributed by atoms with Crippen molar-refractivity contribution in [3.05, 3.63) is 30.3 Å². The number of halogens is 3. The van der Waals surface area contributed by atoms with Crippen molar-refractivity contribution in [2.75, 3.05) is 26.2 Å². The summed E-state index contributed by atoms with van der Waals surface area (Å²) in [7, 11) is 0. The third-order valence-corrected chi connectivity index (χ3v) is 3.30. The molecule has 5 heteroatoms. The fraction of sp³-hybridized carbons (Fsp3) is 0.500. The lowest BCUT2D eigenvalue weighted by Crippen LogP contribution is -2.61. The highest BCUT2D eigenvalue weighted by atomic mass is 19.4. The third kappa shape index (κ3) is 2.30. The Kier molecular flexibility index (Phi) is 3.40. The van der Waals surface area contributed by atoms with Crippen molar-refractivity contribution >= 4 is 5.69 Å². The van der Waals surface area contributed by atoms with Crippen molar-refractivity contribution in [1.82, 2.24) is 9.80 Å². The van der Waals surface area contributed by atoms with E-state index in [0.29, 0.717) is 25.2 Å². The average Bonchev–Trinajstić information content (AvgIpc) is 2.55. The van der Waals surface area contributed by atoms with E-state index in [0.717, 1.165) is 0 Å². The van der Waals surface area contributed by atoms with Gasteiger partial charge in [-0.25, -0.2) is 0 Å². The molecular weight excluding hydrogens is 229 g/mol. The van der Waals surface area contributed by atoms with Gasteiger partial charge in [0.25, 0.3) is 0 Å². The molecule has 0 aliphatic carbocycles. The van der Waals surface area contributed by atoms with E-state index in [2.05, 4.69) is 5.32 Å². The second kappa shape index (κ2) is 4.66. The molecule has 2 rings (SSSR count). The second-order valence-electron chi connectivity index (χ2n) is 4.32.